The van der Waals surface area contributed by atoms with Crippen LogP contribution in [0, 0.1) is 0 Å². The Hall–Kier alpha value is -0.650. The Balaban J connectivity index is 2.64. The number of amides is 1. The quantitative estimate of drug-likeness (QED) is 0.737. The Morgan fingerprint density at radius 1 is 1.83 bits per heavy atom. The molecule has 0 radical (unpaired) electrons. The lowest BCUT2D eigenvalue weighted by Gasteiger charge is -2.03. The van der Waals surface area contributed by atoms with Crippen LogP contribution in [0.25, 0.3) is 0 Å². The lowest BCUT2D eigenvalue weighted by molar-refractivity contribution is -0.119. The molecule has 6 heteroatoms. The van der Waals surface area contributed by atoms with E-state index in [0.717, 1.165) is 0 Å². The van der Waals surface area contributed by atoms with Gasteiger partial charge in [-0.05, 0) is 0 Å². The van der Waals surface area contributed by atoms with Gasteiger partial charge in [-0.1, -0.05) is 11.6 Å². The van der Waals surface area contributed by atoms with Gasteiger partial charge in [-0.2, -0.15) is 0 Å². The molecule has 0 saturated carbocycles. The third-order valence-electron chi connectivity index (χ3n) is 1.37. The second-order valence-electron chi connectivity index (χ2n) is 2.29. The average molecular weight is 206 g/mol. The molecule has 0 aliphatic rings. The van der Waals surface area contributed by atoms with Crippen LogP contribution in [-0.2, 0) is 11.2 Å². The van der Waals surface area contributed by atoms with E-state index in [-0.39, 0.29) is 0 Å². The molecule has 0 spiro atoms. The van der Waals surface area contributed by atoms with Gasteiger partial charge in [-0.15, -0.1) is 11.3 Å². The number of carbonyl (C=O) groups is 1. The number of nitrogens with zero attached hydrogens (tertiary/aromatic N) is 1. The maximum atomic E-state index is 10.6. The molecule has 4 N–H and O–H groups in total. The number of thiazole rings is 1. The molecule has 1 atom stereocenters. The Morgan fingerprint density at radius 3 is 2.92 bits per heavy atom. The number of aromatic nitrogens is 1. The fourth-order valence-electron chi connectivity index (χ4n) is 0.697. The molecule has 0 saturated heterocycles. The molecule has 0 aliphatic carbocycles. The predicted molar refractivity (Wildman–Crippen MR) is 48.0 cm³/mol. The number of nitrogens with two attached hydrogens (primary N) is 2. The summed E-state index contributed by atoms with van der Waals surface area (Å²) in [6.45, 7) is 0. The monoisotopic (exact) mass is 205 g/mol. The highest BCUT2D eigenvalue weighted by Crippen LogP contribution is 2.20. The summed E-state index contributed by atoms with van der Waals surface area (Å²) in [4.78, 5) is 14.5. The van der Waals surface area contributed by atoms with E-state index < -0.39 is 11.9 Å². The summed E-state index contributed by atoms with van der Waals surface area (Å²) < 4.78 is 0.562. The van der Waals surface area contributed by atoms with Crippen LogP contribution < -0.4 is 11.5 Å². The van der Waals surface area contributed by atoms with Crippen LogP contribution in [-0.4, -0.2) is 16.9 Å². The predicted octanol–water partition coefficient (Wildman–Crippen LogP) is 0.152. The lowest BCUT2D eigenvalue weighted by Crippen LogP contribution is -2.38. The molecular weight excluding hydrogens is 198 g/mol. The normalized spacial score (nSPS) is 12.8. The van der Waals surface area contributed by atoms with Gasteiger partial charge in [0.25, 0.3) is 0 Å². The van der Waals surface area contributed by atoms with Gasteiger partial charge in [0.15, 0.2) is 0 Å². The summed E-state index contributed by atoms with van der Waals surface area (Å²) in [5.74, 6) is -0.543. The maximum Gasteiger partial charge on any atom is 0.234 e. The number of hydrogen-bond acceptors (Lipinski definition) is 4. The van der Waals surface area contributed by atoms with E-state index in [4.69, 9.17) is 23.1 Å². The van der Waals surface area contributed by atoms with Crippen molar-refractivity contribution < 1.29 is 4.79 Å². The van der Waals surface area contributed by atoms with Crippen LogP contribution in [0.4, 0.5) is 0 Å². The molecule has 0 bridgehead atoms. The SMILES string of the molecule is NC(=O)C(N)Cc1ncsc1Cl. The molecule has 1 aromatic rings. The summed E-state index contributed by atoms with van der Waals surface area (Å²) in [7, 11) is 0. The minimum absolute atomic E-state index is 0.303. The topological polar surface area (TPSA) is 82.0 Å². The van der Waals surface area contributed by atoms with Crippen LogP contribution in [0.5, 0.6) is 0 Å². The molecule has 1 unspecified atom stereocenters. The summed E-state index contributed by atoms with van der Waals surface area (Å²) in [5, 5.41) is 0. The highest BCUT2D eigenvalue weighted by Gasteiger charge is 2.13. The van der Waals surface area contributed by atoms with Crippen molar-refractivity contribution in [2.24, 2.45) is 11.5 Å². The fourth-order valence-corrected chi connectivity index (χ4v) is 1.49. The zero-order valence-electron chi connectivity index (χ0n) is 6.16. The first-order valence-electron chi connectivity index (χ1n) is 3.24. The second-order valence-corrected chi connectivity index (χ2v) is 3.74. The van der Waals surface area contributed by atoms with Crippen molar-refractivity contribution in [2.75, 3.05) is 0 Å². The van der Waals surface area contributed by atoms with Gasteiger partial charge in [0.2, 0.25) is 5.91 Å². The summed E-state index contributed by atoms with van der Waals surface area (Å²) >= 11 is 7.04. The third kappa shape index (κ3) is 2.17. The summed E-state index contributed by atoms with van der Waals surface area (Å²) in [6.07, 6.45) is 0.303. The molecule has 1 amide bonds. The maximum absolute atomic E-state index is 10.6. The van der Waals surface area contributed by atoms with Gasteiger partial charge < -0.3 is 11.5 Å². The number of carbonyl (C=O) groups excluding carboxylic acids is 1. The fraction of sp³-hybridized carbons (Fsp3) is 0.333. The van der Waals surface area contributed by atoms with Gasteiger partial charge in [-0.25, -0.2) is 4.98 Å². The second kappa shape index (κ2) is 3.84. The smallest absolute Gasteiger partial charge is 0.234 e. The number of primary amides is 1. The molecule has 12 heavy (non-hydrogen) atoms. The van der Waals surface area contributed by atoms with E-state index >= 15 is 0 Å². The third-order valence-corrected chi connectivity index (χ3v) is 2.51. The highest BCUT2D eigenvalue weighted by atomic mass is 35.5. The van der Waals surface area contributed by atoms with Gasteiger partial charge in [0.05, 0.1) is 17.2 Å². The molecule has 1 rings (SSSR count). The summed E-state index contributed by atoms with van der Waals surface area (Å²) in [5.41, 5.74) is 12.6. The van der Waals surface area contributed by atoms with Gasteiger partial charge in [0.1, 0.15) is 4.34 Å². The molecule has 0 aliphatic heterocycles. The first kappa shape index (κ1) is 9.44. The molecule has 0 fully saturated rings. The van der Waals surface area contributed by atoms with E-state index in [1.807, 2.05) is 0 Å². The first-order valence-corrected chi connectivity index (χ1v) is 4.49. The highest BCUT2D eigenvalue weighted by molar-refractivity contribution is 7.14. The van der Waals surface area contributed by atoms with E-state index in [1.165, 1.54) is 11.3 Å². The standard InChI is InChI=1S/C6H8ClN3OS/c7-5-4(10-2-12-5)1-3(8)6(9)11/h2-3H,1,8H2,(H2,9,11). The molecule has 4 nitrogen and oxygen atoms in total. The van der Waals surface area contributed by atoms with Crippen molar-refractivity contribution in [2.45, 2.75) is 12.5 Å². The van der Waals surface area contributed by atoms with Crippen molar-refractivity contribution >= 4 is 28.8 Å². The van der Waals surface area contributed by atoms with Crippen molar-refractivity contribution in [1.82, 2.24) is 4.98 Å². The lowest BCUT2D eigenvalue weighted by atomic mass is 10.2. The average Bonchev–Trinajstić information content (AvgIpc) is 2.36. The zero-order valence-corrected chi connectivity index (χ0v) is 7.73. The van der Waals surface area contributed by atoms with Crippen molar-refractivity contribution in [1.29, 1.82) is 0 Å². The minimum Gasteiger partial charge on any atom is -0.368 e. The zero-order chi connectivity index (χ0) is 9.14. The first-order chi connectivity index (χ1) is 5.61. The van der Waals surface area contributed by atoms with Crippen LogP contribution in [0.2, 0.25) is 4.34 Å². The summed E-state index contributed by atoms with van der Waals surface area (Å²) in [6, 6.07) is -0.704. The van der Waals surface area contributed by atoms with Crippen molar-refractivity contribution in [3.8, 4) is 0 Å². The van der Waals surface area contributed by atoms with Crippen LogP contribution >= 0.6 is 22.9 Å². The van der Waals surface area contributed by atoms with Gasteiger partial charge >= 0.3 is 0 Å². The Morgan fingerprint density at radius 2 is 2.50 bits per heavy atom. The molecule has 66 valence electrons. The molecular formula is C6H8ClN3OS. The van der Waals surface area contributed by atoms with E-state index in [1.54, 1.807) is 5.51 Å². The Kier molecular flexibility index (Phi) is 3.02. The molecule has 1 aromatic heterocycles. The molecule has 0 aromatic carbocycles. The Bertz CT molecular complexity index is 288. The largest absolute Gasteiger partial charge is 0.368 e. The van der Waals surface area contributed by atoms with E-state index in [9.17, 15) is 4.79 Å². The van der Waals surface area contributed by atoms with Crippen LogP contribution in [0.15, 0.2) is 5.51 Å². The number of hydrogen-bond donors (Lipinski definition) is 2. The number of rotatable bonds is 3. The van der Waals surface area contributed by atoms with Gasteiger partial charge in [0, 0.05) is 6.42 Å². The van der Waals surface area contributed by atoms with Gasteiger partial charge in [-0.3, -0.25) is 4.79 Å². The molecule has 1 heterocycles. The minimum atomic E-state index is -0.704. The van der Waals surface area contributed by atoms with Crippen LogP contribution in [0.1, 0.15) is 5.69 Å². The van der Waals surface area contributed by atoms with E-state index in [0.29, 0.717) is 16.5 Å². The Labute approximate surface area is 78.5 Å². The van der Waals surface area contributed by atoms with Crippen LogP contribution in [0.3, 0.4) is 0 Å². The van der Waals surface area contributed by atoms with E-state index in [2.05, 4.69) is 4.98 Å². The van der Waals surface area contributed by atoms with Crippen molar-refractivity contribution in [3.63, 3.8) is 0 Å². The van der Waals surface area contributed by atoms with Crippen molar-refractivity contribution in [3.05, 3.63) is 15.5 Å². The number of halogens is 1.